The van der Waals surface area contributed by atoms with E-state index in [-0.39, 0.29) is 11.5 Å². The molecule has 6 N–H and O–H groups in total. The summed E-state index contributed by atoms with van der Waals surface area (Å²) in [6, 6.07) is 3.96. The molecule has 1 aromatic rings. The smallest absolute Gasteiger partial charge is 0.331 e. The molecule has 7 atom stereocenters. The quantitative estimate of drug-likeness (QED) is 0.198. The van der Waals surface area contributed by atoms with Crippen molar-refractivity contribution in [3.05, 3.63) is 29.8 Å². The molecule has 1 aliphatic heterocycles. The van der Waals surface area contributed by atoms with Crippen LogP contribution in [0.2, 0.25) is 0 Å². The molecule has 0 amide bonds. The second-order valence-electron chi connectivity index (χ2n) is 7.72. The van der Waals surface area contributed by atoms with Crippen molar-refractivity contribution in [2.75, 3.05) is 6.61 Å². The first-order valence-corrected chi connectivity index (χ1v) is 10.2. The number of esters is 1. The summed E-state index contributed by atoms with van der Waals surface area (Å²) in [7, 11) is 0. The Morgan fingerprint density at radius 3 is 2.52 bits per heavy atom. The lowest BCUT2D eigenvalue weighted by molar-refractivity contribution is -0.320. The molecule has 1 aliphatic carbocycles. The molecule has 3 rings (SSSR count). The number of aromatic hydroxyl groups is 2. The highest BCUT2D eigenvalue weighted by Gasteiger charge is 2.48. The molecule has 2 fully saturated rings. The van der Waals surface area contributed by atoms with Crippen LogP contribution in [0.15, 0.2) is 24.3 Å². The Morgan fingerprint density at radius 2 is 1.84 bits per heavy atom. The van der Waals surface area contributed by atoms with Gasteiger partial charge in [-0.2, -0.15) is 0 Å². The zero-order chi connectivity index (χ0) is 22.5. The summed E-state index contributed by atoms with van der Waals surface area (Å²) in [6.07, 6.45) is -3.17. The van der Waals surface area contributed by atoms with E-state index >= 15 is 0 Å². The first-order valence-electron chi connectivity index (χ1n) is 10.2. The second-order valence-corrected chi connectivity index (χ2v) is 7.72. The number of phenols is 2. The third-order valence-electron chi connectivity index (χ3n) is 5.46. The Kier molecular flexibility index (Phi) is 7.87. The van der Waals surface area contributed by atoms with Crippen molar-refractivity contribution in [1.29, 1.82) is 0 Å². The number of phenolic OH excluding ortho intramolecular Hbond substituents is 2. The van der Waals surface area contributed by atoms with Crippen molar-refractivity contribution in [2.45, 2.75) is 68.6 Å². The van der Waals surface area contributed by atoms with Crippen molar-refractivity contribution in [1.82, 2.24) is 0 Å². The SMILES string of the molecule is O=C(C=Cc1ccc(O)c(O)c1)OC1C(OC2CCCCC2O)OC(CO)C(O)C1O. The number of ether oxygens (including phenoxy) is 3. The standard InChI is InChI=1S/C21H28O10/c22-10-16-18(27)19(28)20(21(30-16)29-15-4-2-1-3-13(15)24)31-17(26)8-6-11-5-7-12(23)14(25)9-11/h5-9,13,15-16,18-25,27-28H,1-4,10H2. The van der Waals surface area contributed by atoms with Gasteiger partial charge >= 0.3 is 5.97 Å². The van der Waals surface area contributed by atoms with Crippen molar-refractivity contribution in [3.63, 3.8) is 0 Å². The Labute approximate surface area is 178 Å². The van der Waals surface area contributed by atoms with Crippen LogP contribution in [0.25, 0.3) is 6.08 Å². The molecule has 31 heavy (non-hydrogen) atoms. The van der Waals surface area contributed by atoms with Crippen LogP contribution in [0.4, 0.5) is 0 Å². The van der Waals surface area contributed by atoms with Crippen LogP contribution in [0.5, 0.6) is 11.5 Å². The maximum absolute atomic E-state index is 12.3. The summed E-state index contributed by atoms with van der Waals surface area (Å²) in [5.74, 6) is -1.54. The van der Waals surface area contributed by atoms with Crippen LogP contribution in [0.1, 0.15) is 31.2 Å². The number of carbonyl (C=O) groups is 1. The van der Waals surface area contributed by atoms with Crippen LogP contribution in [-0.4, -0.2) is 86.1 Å². The molecule has 0 radical (unpaired) electrons. The molecule has 2 aliphatic rings. The number of aliphatic hydroxyl groups excluding tert-OH is 4. The number of aliphatic hydroxyl groups is 4. The minimum Gasteiger partial charge on any atom is -0.504 e. The first kappa shape index (κ1) is 23.5. The molecule has 0 aromatic heterocycles. The molecule has 7 unspecified atom stereocenters. The van der Waals surface area contributed by atoms with Crippen LogP contribution in [0, 0.1) is 0 Å². The molecule has 1 aromatic carbocycles. The van der Waals surface area contributed by atoms with Crippen LogP contribution in [0.3, 0.4) is 0 Å². The highest BCUT2D eigenvalue weighted by atomic mass is 16.7. The Bertz CT molecular complexity index is 781. The number of rotatable bonds is 6. The molecule has 10 heteroatoms. The minimum absolute atomic E-state index is 0.306. The summed E-state index contributed by atoms with van der Waals surface area (Å²) in [6.45, 7) is -0.587. The fourth-order valence-electron chi connectivity index (χ4n) is 3.68. The molecule has 10 nitrogen and oxygen atoms in total. The van der Waals surface area contributed by atoms with E-state index < -0.39 is 55.5 Å². The monoisotopic (exact) mass is 440 g/mol. The highest BCUT2D eigenvalue weighted by Crippen LogP contribution is 2.30. The van der Waals surface area contributed by atoms with Gasteiger partial charge in [0.2, 0.25) is 0 Å². The lowest BCUT2D eigenvalue weighted by Gasteiger charge is -2.43. The van der Waals surface area contributed by atoms with Crippen molar-refractivity contribution >= 4 is 12.0 Å². The number of carbonyl (C=O) groups excluding carboxylic acids is 1. The molecular weight excluding hydrogens is 412 g/mol. The fourth-order valence-corrected chi connectivity index (χ4v) is 3.68. The molecular formula is C21H28O10. The van der Waals surface area contributed by atoms with Gasteiger partial charge in [0.15, 0.2) is 23.9 Å². The molecule has 1 saturated carbocycles. The lowest BCUT2D eigenvalue weighted by atomic mass is 9.94. The molecule has 0 bridgehead atoms. The highest BCUT2D eigenvalue weighted by molar-refractivity contribution is 5.87. The molecule has 1 heterocycles. The van der Waals surface area contributed by atoms with E-state index in [1.165, 1.54) is 24.3 Å². The third kappa shape index (κ3) is 5.73. The van der Waals surface area contributed by atoms with Gasteiger partial charge in [0.05, 0.1) is 18.8 Å². The number of hydrogen-bond acceptors (Lipinski definition) is 10. The van der Waals surface area contributed by atoms with Gasteiger partial charge in [-0.3, -0.25) is 0 Å². The van der Waals surface area contributed by atoms with Gasteiger partial charge in [0.25, 0.3) is 0 Å². The van der Waals surface area contributed by atoms with Gasteiger partial charge < -0.3 is 44.8 Å². The summed E-state index contributed by atoms with van der Waals surface area (Å²) in [5.41, 5.74) is 0.409. The van der Waals surface area contributed by atoms with Gasteiger partial charge in [-0.05, 0) is 36.6 Å². The molecule has 1 saturated heterocycles. The van der Waals surface area contributed by atoms with Gasteiger partial charge in [0.1, 0.15) is 18.3 Å². The van der Waals surface area contributed by atoms with Gasteiger partial charge in [-0.1, -0.05) is 18.9 Å². The van der Waals surface area contributed by atoms with E-state index in [4.69, 9.17) is 14.2 Å². The Hall–Kier alpha value is -2.21. The average Bonchev–Trinajstić information content (AvgIpc) is 2.75. The zero-order valence-corrected chi connectivity index (χ0v) is 16.8. The summed E-state index contributed by atoms with van der Waals surface area (Å²) in [5, 5.41) is 59.0. The number of hydrogen-bond donors (Lipinski definition) is 6. The van der Waals surface area contributed by atoms with Crippen molar-refractivity contribution in [3.8, 4) is 11.5 Å². The minimum atomic E-state index is -1.59. The van der Waals surface area contributed by atoms with Gasteiger partial charge in [0, 0.05) is 6.08 Å². The van der Waals surface area contributed by atoms with E-state index in [9.17, 15) is 35.4 Å². The van der Waals surface area contributed by atoms with Crippen LogP contribution in [-0.2, 0) is 19.0 Å². The normalized spacial score (nSPS) is 34.0. The maximum Gasteiger partial charge on any atom is 0.331 e. The van der Waals surface area contributed by atoms with E-state index in [1.807, 2.05) is 0 Å². The first-order chi connectivity index (χ1) is 14.8. The van der Waals surface area contributed by atoms with Crippen molar-refractivity contribution in [2.24, 2.45) is 0 Å². The van der Waals surface area contributed by atoms with Gasteiger partial charge in [-0.15, -0.1) is 0 Å². The summed E-state index contributed by atoms with van der Waals surface area (Å²) >= 11 is 0. The predicted octanol–water partition coefficient (Wildman–Crippen LogP) is -0.218. The number of benzene rings is 1. The predicted molar refractivity (Wildman–Crippen MR) is 106 cm³/mol. The molecule has 172 valence electrons. The Morgan fingerprint density at radius 1 is 1.10 bits per heavy atom. The van der Waals surface area contributed by atoms with Crippen LogP contribution < -0.4 is 0 Å². The largest absolute Gasteiger partial charge is 0.504 e. The third-order valence-corrected chi connectivity index (χ3v) is 5.46. The van der Waals surface area contributed by atoms with E-state index in [0.717, 1.165) is 18.9 Å². The van der Waals surface area contributed by atoms with Gasteiger partial charge in [-0.25, -0.2) is 4.79 Å². The topological polar surface area (TPSA) is 166 Å². The van der Waals surface area contributed by atoms with E-state index in [1.54, 1.807) is 0 Å². The lowest BCUT2D eigenvalue weighted by Crippen LogP contribution is -2.61. The Balaban J connectivity index is 1.71. The fraction of sp³-hybridized carbons (Fsp3) is 0.571. The van der Waals surface area contributed by atoms with Crippen LogP contribution >= 0.6 is 0 Å². The van der Waals surface area contributed by atoms with Crippen molar-refractivity contribution < 1.29 is 49.6 Å². The average molecular weight is 440 g/mol. The summed E-state index contributed by atoms with van der Waals surface area (Å²) < 4.78 is 16.6. The molecule has 0 spiro atoms. The second kappa shape index (κ2) is 10.4. The summed E-state index contributed by atoms with van der Waals surface area (Å²) in [4.78, 5) is 12.3. The maximum atomic E-state index is 12.3. The van der Waals surface area contributed by atoms with E-state index in [0.29, 0.717) is 18.4 Å². The zero-order valence-electron chi connectivity index (χ0n) is 16.8. The van der Waals surface area contributed by atoms with E-state index in [2.05, 4.69) is 0 Å².